The lowest BCUT2D eigenvalue weighted by molar-refractivity contribution is -0.114. The molecule has 0 aromatic heterocycles. The van der Waals surface area contributed by atoms with E-state index < -0.39 is 0 Å². The second kappa shape index (κ2) is 8.83. The molecule has 168 valence electrons. The van der Waals surface area contributed by atoms with Crippen LogP contribution in [-0.2, 0) is 4.79 Å². The first-order valence-electron chi connectivity index (χ1n) is 11.1. The van der Waals surface area contributed by atoms with Crippen LogP contribution in [0.5, 0.6) is 0 Å². The molecule has 1 heterocycles. The first-order valence-corrected chi connectivity index (χ1v) is 11.1. The van der Waals surface area contributed by atoms with Crippen molar-refractivity contribution in [2.75, 3.05) is 16.8 Å². The summed E-state index contributed by atoms with van der Waals surface area (Å²) in [4.78, 5) is 40.4. The van der Waals surface area contributed by atoms with Crippen molar-refractivity contribution in [2.24, 2.45) is 0 Å². The maximum atomic E-state index is 13.0. The number of carbonyl (C=O) groups is 3. The van der Waals surface area contributed by atoms with E-state index in [9.17, 15) is 14.4 Å². The molecule has 1 atom stereocenters. The Bertz CT molecular complexity index is 1410. The summed E-state index contributed by atoms with van der Waals surface area (Å²) in [5.74, 6) is -0.874. The molecule has 0 aliphatic carbocycles. The van der Waals surface area contributed by atoms with Gasteiger partial charge in [0.15, 0.2) is 0 Å². The monoisotopic (exact) mass is 449 g/mol. The van der Waals surface area contributed by atoms with Crippen LogP contribution in [0.15, 0.2) is 91.0 Å². The van der Waals surface area contributed by atoms with Crippen LogP contribution >= 0.6 is 0 Å². The van der Waals surface area contributed by atoms with Crippen LogP contribution in [0.25, 0.3) is 10.8 Å². The number of hydrogen-bond donors (Lipinski definition) is 2. The summed E-state index contributed by atoms with van der Waals surface area (Å²) in [5, 5.41) is 7.61. The molecule has 4 aromatic rings. The van der Waals surface area contributed by atoms with Gasteiger partial charge in [0.1, 0.15) is 6.54 Å². The highest BCUT2D eigenvalue weighted by Crippen LogP contribution is 2.37. The second-order valence-corrected chi connectivity index (χ2v) is 8.27. The molecule has 4 aromatic carbocycles. The molecule has 34 heavy (non-hydrogen) atoms. The zero-order valence-electron chi connectivity index (χ0n) is 18.6. The van der Waals surface area contributed by atoms with Crippen molar-refractivity contribution in [3.05, 3.63) is 108 Å². The molecule has 1 aliphatic rings. The van der Waals surface area contributed by atoms with E-state index in [4.69, 9.17) is 0 Å². The minimum Gasteiger partial charge on any atom is -0.345 e. The van der Waals surface area contributed by atoms with E-state index in [0.717, 1.165) is 22.0 Å². The molecule has 0 spiro atoms. The standard InChI is InChI=1S/C28H23N3O3/c1-18(19-9-3-2-4-10-19)29-27(33)21-13-5-6-15-23(21)30-25(32)17-31-24-16-8-12-20-11-7-14-22(26(20)24)28(31)34/h2-16,18H,17H2,1H3,(H,29,33)(H,30,32). The van der Waals surface area contributed by atoms with Crippen LogP contribution in [0.1, 0.15) is 39.2 Å². The zero-order valence-corrected chi connectivity index (χ0v) is 18.6. The van der Waals surface area contributed by atoms with E-state index in [1.807, 2.05) is 67.6 Å². The number of carbonyl (C=O) groups excluding carboxylic acids is 3. The Morgan fingerprint density at radius 3 is 2.35 bits per heavy atom. The summed E-state index contributed by atoms with van der Waals surface area (Å²) >= 11 is 0. The summed E-state index contributed by atoms with van der Waals surface area (Å²) in [6, 6.07) is 27.6. The molecule has 6 nitrogen and oxygen atoms in total. The lowest BCUT2D eigenvalue weighted by Crippen LogP contribution is -2.36. The molecule has 0 radical (unpaired) electrons. The predicted molar refractivity (Wildman–Crippen MR) is 133 cm³/mol. The molecule has 2 N–H and O–H groups in total. The molecule has 1 unspecified atom stereocenters. The van der Waals surface area contributed by atoms with Gasteiger partial charge in [0.2, 0.25) is 5.91 Å². The third kappa shape index (κ3) is 3.90. The summed E-state index contributed by atoms with van der Waals surface area (Å²) in [5.41, 5.74) is 3.05. The van der Waals surface area contributed by atoms with E-state index in [-0.39, 0.29) is 30.3 Å². The highest BCUT2D eigenvalue weighted by atomic mass is 16.2. The summed E-state index contributed by atoms with van der Waals surface area (Å²) < 4.78 is 0. The number of nitrogens with one attached hydrogen (secondary N) is 2. The lowest BCUT2D eigenvalue weighted by atomic mass is 10.1. The molecule has 0 saturated carbocycles. The average Bonchev–Trinajstić information content (AvgIpc) is 3.13. The van der Waals surface area contributed by atoms with E-state index in [0.29, 0.717) is 16.8 Å². The van der Waals surface area contributed by atoms with Crippen LogP contribution in [-0.4, -0.2) is 24.3 Å². The minimum atomic E-state index is -0.380. The molecule has 0 fully saturated rings. The smallest absolute Gasteiger partial charge is 0.259 e. The maximum absolute atomic E-state index is 13.0. The van der Waals surface area contributed by atoms with Crippen LogP contribution in [0.4, 0.5) is 11.4 Å². The van der Waals surface area contributed by atoms with Gasteiger partial charge in [-0.2, -0.15) is 0 Å². The molecule has 0 bridgehead atoms. The fourth-order valence-corrected chi connectivity index (χ4v) is 4.36. The van der Waals surface area contributed by atoms with Crippen molar-refractivity contribution in [3.63, 3.8) is 0 Å². The van der Waals surface area contributed by atoms with Gasteiger partial charge in [-0.1, -0.05) is 66.7 Å². The normalized spacial score (nSPS) is 13.1. The summed E-state index contributed by atoms with van der Waals surface area (Å²) in [6.45, 7) is 1.76. The van der Waals surface area contributed by atoms with Gasteiger partial charge in [-0.15, -0.1) is 0 Å². The van der Waals surface area contributed by atoms with Crippen molar-refractivity contribution < 1.29 is 14.4 Å². The average molecular weight is 450 g/mol. The van der Waals surface area contributed by atoms with Crippen LogP contribution < -0.4 is 15.5 Å². The highest BCUT2D eigenvalue weighted by Gasteiger charge is 2.31. The van der Waals surface area contributed by atoms with Gasteiger partial charge in [-0.05, 0) is 42.1 Å². The Balaban J connectivity index is 1.32. The number of nitrogens with zero attached hydrogens (tertiary/aromatic N) is 1. The zero-order chi connectivity index (χ0) is 23.7. The number of hydrogen-bond acceptors (Lipinski definition) is 3. The number of benzene rings is 4. The van der Waals surface area contributed by atoms with Crippen LogP contribution in [0.3, 0.4) is 0 Å². The Morgan fingerprint density at radius 1 is 0.853 bits per heavy atom. The van der Waals surface area contributed by atoms with Crippen LogP contribution in [0, 0.1) is 0 Å². The second-order valence-electron chi connectivity index (χ2n) is 8.27. The van der Waals surface area contributed by atoms with Gasteiger partial charge in [0.25, 0.3) is 11.8 Å². The van der Waals surface area contributed by atoms with E-state index in [1.165, 1.54) is 4.90 Å². The van der Waals surface area contributed by atoms with Crippen molar-refractivity contribution in [2.45, 2.75) is 13.0 Å². The minimum absolute atomic E-state index is 0.150. The van der Waals surface area contributed by atoms with Gasteiger partial charge < -0.3 is 10.6 Å². The van der Waals surface area contributed by atoms with Gasteiger partial charge in [0, 0.05) is 10.9 Å². The Labute approximate surface area is 197 Å². The van der Waals surface area contributed by atoms with Crippen molar-refractivity contribution in [3.8, 4) is 0 Å². The van der Waals surface area contributed by atoms with E-state index in [2.05, 4.69) is 10.6 Å². The molecule has 1 aliphatic heterocycles. The highest BCUT2D eigenvalue weighted by molar-refractivity contribution is 6.26. The fourth-order valence-electron chi connectivity index (χ4n) is 4.36. The SMILES string of the molecule is CC(NC(=O)c1ccccc1NC(=O)CN1C(=O)c2cccc3cccc1c23)c1ccccc1. The Hall–Kier alpha value is -4.45. The topological polar surface area (TPSA) is 78.5 Å². The predicted octanol–water partition coefficient (Wildman–Crippen LogP) is 4.93. The molecular formula is C28H23N3O3. The van der Waals surface area contributed by atoms with Gasteiger partial charge in [-0.3, -0.25) is 19.3 Å². The van der Waals surface area contributed by atoms with Gasteiger partial charge >= 0.3 is 0 Å². The Kier molecular flexibility index (Phi) is 5.55. The van der Waals surface area contributed by atoms with Crippen LogP contribution in [0.2, 0.25) is 0 Å². The number of para-hydroxylation sites is 1. The summed E-state index contributed by atoms with van der Waals surface area (Å²) in [6.07, 6.45) is 0. The number of rotatable bonds is 6. The molecular weight excluding hydrogens is 426 g/mol. The quantitative estimate of drug-likeness (QED) is 0.438. The van der Waals surface area contributed by atoms with Gasteiger partial charge in [0.05, 0.1) is 23.0 Å². The first kappa shape index (κ1) is 21.4. The largest absolute Gasteiger partial charge is 0.345 e. The maximum Gasteiger partial charge on any atom is 0.259 e. The van der Waals surface area contributed by atoms with Crippen molar-refractivity contribution in [1.82, 2.24) is 5.32 Å². The summed E-state index contributed by atoms with van der Waals surface area (Å²) in [7, 11) is 0. The molecule has 6 heteroatoms. The Morgan fingerprint density at radius 2 is 1.56 bits per heavy atom. The van der Waals surface area contributed by atoms with Crippen molar-refractivity contribution in [1.29, 1.82) is 0 Å². The number of amides is 3. The molecule has 3 amide bonds. The lowest BCUT2D eigenvalue weighted by Gasteiger charge is -2.19. The van der Waals surface area contributed by atoms with E-state index >= 15 is 0 Å². The van der Waals surface area contributed by atoms with Gasteiger partial charge in [-0.25, -0.2) is 0 Å². The third-order valence-corrected chi connectivity index (χ3v) is 6.04. The molecule has 0 saturated heterocycles. The van der Waals surface area contributed by atoms with E-state index in [1.54, 1.807) is 30.3 Å². The third-order valence-electron chi connectivity index (χ3n) is 6.04. The first-order chi connectivity index (χ1) is 16.5. The number of anilines is 2. The fraction of sp³-hybridized carbons (Fsp3) is 0.107. The van der Waals surface area contributed by atoms with Crippen molar-refractivity contribution >= 4 is 39.9 Å². The molecule has 5 rings (SSSR count).